The SMILES string of the molecule is NCC(F)(F)CSc1ccc(O)cc1. The van der Waals surface area contributed by atoms with Crippen molar-refractivity contribution in [2.45, 2.75) is 10.8 Å². The second kappa shape index (κ2) is 4.61. The highest BCUT2D eigenvalue weighted by molar-refractivity contribution is 7.99. The van der Waals surface area contributed by atoms with Gasteiger partial charge in [0.15, 0.2) is 0 Å². The number of rotatable bonds is 4. The topological polar surface area (TPSA) is 46.2 Å². The summed E-state index contributed by atoms with van der Waals surface area (Å²) in [5.41, 5.74) is 4.89. The van der Waals surface area contributed by atoms with Gasteiger partial charge in [-0.3, -0.25) is 0 Å². The van der Waals surface area contributed by atoms with Crippen LogP contribution in [0, 0.1) is 0 Å². The van der Waals surface area contributed by atoms with Crippen molar-refractivity contribution in [2.75, 3.05) is 12.3 Å². The molecule has 3 N–H and O–H groups in total. The summed E-state index contributed by atoms with van der Waals surface area (Å²) in [6.45, 7) is -0.641. The molecule has 0 aliphatic rings. The number of alkyl halides is 2. The van der Waals surface area contributed by atoms with E-state index in [4.69, 9.17) is 10.8 Å². The highest BCUT2D eigenvalue weighted by Gasteiger charge is 2.26. The molecule has 0 heterocycles. The maximum Gasteiger partial charge on any atom is 0.269 e. The van der Waals surface area contributed by atoms with Crippen molar-refractivity contribution in [1.82, 2.24) is 0 Å². The molecule has 0 aliphatic heterocycles. The quantitative estimate of drug-likeness (QED) is 0.762. The van der Waals surface area contributed by atoms with E-state index >= 15 is 0 Å². The Bertz CT molecular complexity index is 289. The zero-order valence-electron chi connectivity index (χ0n) is 7.41. The van der Waals surface area contributed by atoms with Crippen molar-refractivity contribution in [3.8, 4) is 5.75 Å². The minimum Gasteiger partial charge on any atom is -0.508 e. The summed E-state index contributed by atoms with van der Waals surface area (Å²) in [6.07, 6.45) is 0. The Hall–Kier alpha value is -0.810. The second-order valence-corrected chi connectivity index (χ2v) is 3.89. The molecule has 0 radical (unpaired) electrons. The molecule has 0 saturated heterocycles. The minimum absolute atomic E-state index is 0.125. The van der Waals surface area contributed by atoms with Crippen LogP contribution in [0.1, 0.15) is 0 Å². The number of phenolic OH excluding ortho intramolecular Hbond substituents is 1. The summed E-state index contributed by atoms with van der Waals surface area (Å²) in [7, 11) is 0. The molecule has 5 heteroatoms. The molecule has 1 aromatic rings. The van der Waals surface area contributed by atoms with Gasteiger partial charge in [0.1, 0.15) is 5.75 Å². The zero-order valence-corrected chi connectivity index (χ0v) is 8.23. The zero-order chi connectivity index (χ0) is 10.6. The summed E-state index contributed by atoms with van der Waals surface area (Å²) in [6, 6.07) is 6.10. The molecule has 0 aromatic heterocycles. The lowest BCUT2D eigenvalue weighted by Crippen LogP contribution is -2.30. The van der Waals surface area contributed by atoms with Crippen LogP contribution in [0.15, 0.2) is 29.2 Å². The molecule has 0 atom stereocenters. The van der Waals surface area contributed by atoms with Gasteiger partial charge < -0.3 is 10.8 Å². The van der Waals surface area contributed by atoms with Gasteiger partial charge in [0.25, 0.3) is 5.92 Å². The van der Waals surface area contributed by atoms with Gasteiger partial charge in [0.2, 0.25) is 0 Å². The summed E-state index contributed by atoms with van der Waals surface area (Å²) in [5.74, 6) is -3.04. The molecule has 1 aromatic carbocycles. The predicted octanol–water partition coefficient (Wildman–Crippen LogP) is 2.08. The minimum atomic E-state index is -2.83. The maximum absolute atomic E-state index is 12.7. The summed E-state index contributed by atoms with van der Waals surface area (Å²) >= 11 is 1.02. The number of phenols is 1. The van der Waals surface area contributed by atoms with E-state index in [-0.39, 0.29) is 11.5 Å². The van der Waals surface area contributed by atoms with Crippen molar-refractivity contribution in [2.24, 2.45) is 5.73 Å². The Morgan fingerprint density at radius 1 is 1.29 bits per heavy atom. The smallest absolute Gasteiger partial charge is 0.269 e. The monoisotopic (exact) mass is 219 g/mol. The molecule has 2 nitrogen and oxygen atoms in total. The average molecular weight is 219 g/mol. The number of halogens is 2. The highest BCUT2D eigenvalue weighted by atomic mass is 32.2. The Morgan fingerprint density at radius 2 is 1.86 bits per heavy atom. The molecule has 0 saturated carbocycles. The van der Waals surface area contributed by atoms with Crippen molar-refractivity contribution < 1.29 is 13.9 Å². The van der Waals surface area contributed by atoms with Gasteiger partial charge >= 0.3 is 0 Å². The Labute approximate surface area is 85.1 Å². The first-order chi connectivity index (χ1) is 6.53. The third kappa shape index (κ3) is 3.51. The van der Waals surface area contributed by atoms with Gasteiger partial charge in [-0.2, -0.15) is 0 Å². The first kappa shape index (κ1) is 11.3. The second-order valence-electron chi connectivity index (χ2n) is 2.84. The molecular weight excluding hydrogens is 208 g/mol. The van der Waals surface area contributed by atoms with E-state index in [1.807, 2.05) is 0 Å². The van der Waals surface area contributed by atoms with Crippen molar-refractivity contribution in [1.29, 1.82) is 0 Å². The van der Waals surface area contributed by atoms with Gasteiger partial charge in [0.05, 0.1) is 12.3 Å². The molecule has 0 bridgehead atoms. The van der Waals surface area contributed by atoms with E-state index in [0.29, 0.717) is 4.90 Å². The van der Waals surface area contributed by atoms with E-state index in [1.165, 1.54) is 12.1 Å². The average Bonchev–Trinajstić information content (AvgIpc) is 2.17. The molecule has 0 spiro atoms. The first-order valence-electron chi connectivity index (χ1n) is 4.03. The highest BCUT2D eigenvalue weighted by Crippen LogP contribution is 2.26. The van der Waals surface area contributed by atoms with Crippen LogP contribution in [0.5, 0.6) is 5.75 Å². The fraction of sp³-hybridized carbons (Fsp3) is 0.333. The number of thioether (sulfide) groups is 1. The largest absolute Gasteiger partial charge is 0.508 e. The fourth-order valence-corrected chi connectivity index (χ4v) is 1.61. The molecule has 1 rings (SSSR count). The number of hydrogen-bond donors (Lipinski definition) is 2. The molecule has 0 amide bonds. The van der Waals surface area contributed by atoms with E-state index in [2.05, 4.69) is 0 Å². The third-order valence-corrected chi connectivity index (χ3v) is 2.76. The van der Waals surface area contributed by atoms with E-state index in [1.54, 1.807) is 12.1 Å². The maximum atomic E-state index is 12.7. The van der Waals surface area contributed by atoms with Crippen LogP contribution in [0.25, 0.3) is 0 Å². The molecule has 0 unspecified atom stereocenters. The van der Waals surface area contributed by atoms with Crippen molar-refractivity contribution in [3.63, 3.8) is 0 Å². The van der Waals surface area contributed by atoms with Crippen LogP contribution in [0.3, 0.4) is 0 Å². The van der Waals surface area contributed by atoms with Crippen LogP contribution in [0.4, 0.5) is 8.78 Å². The molecule has 14 heavy (non-hydrogen) atoms. The molecule has 0 fully saturated rings. The van der Waals surface area contributed by atoms with E-state index < -0.39 is 12.5 Å². The van der Waals surface area contributed by atoms with E-state index in [0.717, 1.165) is 11.8 Å². The molecular formula is C9H11F2NOS. The summed E-state index contributed by atoms with van der Waals surface area (Å²) < 4.78 is 25.4. The first-order valence-corrected chi connectivity index (χ1v) is 5.02. The van der Waals surface area contributed by atoms with Crippen LogP contribution < -0.4 is 5.73 Å². The van der Waals surface area contributed by atoms with Crippen molar-refractivity contribution in [3.05, 3.63) is 24.3 Å². The Morgan fingerprint density at radius 3 is 2.36 bits per heavy atom. The number of benzene rings is 1. The standard InChI is InChI=1S/C9H11F2NOS/c10-9(11,5-12)6-14-8-3-1-7(13)2-4-8/h1-4,13H,5-6,12H2. The van der Waals surface area contributed by atoms with Crippen molar-refractivity contribution >= 4 is 11.8 Å². The number of hydrogen-bond acceptors (Lipinski definition) is 3. The van der Waals surface area contributed by atoms with E-state index in [9.17, 15) is 8.78 Å². The lowest BCUT2D eigenvalue weighted by atomic mass is 10.3. The number of aromatic hydroxyl groups is 1. The van der Waals surface area contributed by atoms with Gasteiger partial charge in [-0.1, -0.05) is 0 Å². The number of nitrogens with two attached hydrogens (primary N) is 1. The molecule has 78 valence electrons. The van der Waals surface area contributed by atoms with Gasteiger partial charge in [-0.05, 0) is 24.3 Å². The van der Waals surface area contributed by atoms with Gasteiger partial charge in [0, 0.05) is 4.90 Å². The molecule has 0 aliphatic carbocycles. The van der Waals surface area contributed by atoms with Gasteiger partial charge in [-0.25, -0.2) is 8.78 Å². The third-order valence-electron chi connectivity index (χ3n) is 1.59. The Balaban J connectivity index is 2.50. The fourth-order valence-electron chi connectivity index (χ4n) is 0.790. The summed E-state index contributed by atoms with van der Waals surface area (Å²) in [4.78, 5) is 0.691. The summed E-state index contributed by atoms with van der Waals surface area (Å²) in [5, 5.41) is 8.95. The lowest BCUT2D eigenvalue weighted by molar-refractivity contribution is 0.0375. The van der Waals surface area contributed by atoms with Crippen LogP contribution in [-0.2, 0) is 0 Å². The Kier molecular flexibility index (Phi) is 3.71. The lowest BCUT2D eigenvalue weighted by Gasteiger charge is -2.12. The predicted molar refractivity (Wildman–Crippen MR) is 52.8 cm³/mol. The van der Waals surface area contributed by atoms with Crippen LogP contribution >= 0.6 is 11.8 Å². The van der Waals surface area contributed by atoms with Crippen LogP contribution in [0.2, 0.25) is 0 Å². The van der Waals surface area contributed by atoms with Crippen LogP contribution in [-0.4, -0.2) is 23.3 Å². The normalized spacial score (nSPS) is 11.6. The van der Waals surface area contributed by atoms with Gasteiger partial charge in [-0.15, -0.1) is 11.8 Å².